The van der Waals surface area contributed by atoms with Gasteiger partial charge in [0.2, 0.25) is 0 Å². The molecule has 0 spiro atoms. The lowest BCUT2D eigenvalue weighted by atomic mass is 10.1. The lowest BCUT2D eigenvalue weighted by molar-refractivity contribution is -0.0832. The van der Waals surface area contributed by atoms with Gasteiger partial charge >= 0.3 is 7.60 Å². The minimum atomic E-state index is -4.53. The zero-order chi connectivity index (χ0) is 19.8. The molecule has 12 heteroatoms. The molecule has 0 bridgehead atoms. The third-order valence-corrected chi connectivity index (χ3v) is 5.08. The van der Waals surface area contributed by atoms with Gasteiger partial charge < -0.3 is 34.6 Å². The monoisotopic (exact) mass is 401 g/mol. The van der Waals surface area contributed by atoms with Crippen molar-refractivity contribution in [2.75, 3.05) is 13.3 Å². The van der Waals surface area contributed by atoms with E-state index in [9.17, 15) is 19.9 Å². The van der Waals surface area contributed by atoms with E-state index in [-0.39, 0.29) is 0 Å². The average Bonchev–Trinajstić information content (AvgIpc) is 3.19. The van der Waals surface area contributed by atoms with Crippen molar-refractivity contribution >= 4 is 7.60 Å². The van der Waals surface area contributed by atoms with Crippen molar-refractivity contribution in [1.82, 2.24) is 15.0 Å². The smallest absolute Gasteiger partial charge is 0.328 e. The molecule has 0 amide bonds. The van der Waals surface area contributed by atoms with Crippen LogP contribution in [0, 0.1) is 0 Å². The quantitative estimate of drug-likeness (QED) is 0.383. The van der Waals surface area contributed by atoms with Crippen molar-refractivity contribution in [3.63, 3.8) is 0 Å². The van der Waals surface area contributed by atoms with Gasteiger partial charge in [-0.3, -0.25) is 4.57 Å². The Balaban J connectivity index is 1.81. The third-order valence-electron chi connectivity index (χ3n) is 4.23. The van der Waals surface area contributed by atoms with Gasteiger partial charge in [-0.1, -0.05) is 17.3 Å². The van der Waals surface area contributed by atoms with Gasteiger partial charge in [0, 0.05) is 5.56 Å². The fraction of sp³-hybridized carbons (Fsp3) is 0.467. The minimum absolute atomic E-state index is 0.428. The van der Waals surface area contributed by atoms with Crippen LogP contribution < -0.4 is 4.74 Å². The van der Waals surface area contributed by atoms with E-state index in [2.05, 4.69) is 10.3 Å². The second kappa shape index (κ2) is 7.64. The normalized spacial score (nSPS) is 26.9. The summed E-state index contributed by atoms with van der Waals surface area (Å²) < 4.78 is 22.9. The van der Waals surface area contributed by atoms with E-state index in [4.69, 9.17) is 19.3 Å². The molecule has 1 aliphatic rings. The van der Waals surface area contributed by atoms with Gasteiger partial charge in [0.15, 0.2) is 6.23 Å². The zero-order valence-corrected chi connectivity index (χ0v) is 15.1. The molecule has 148 valence electrons. The Bertz CT molecular complexity index is 840. The number of ether oxygens (including phenoxy) is 2. The van der Waals surface area contributed by atoms with Crippen molar-refractivity contribution in [1.29, 1.82) is 0 Å². The molecule has 1 fully saturated rings. The van der Waals surface area contributed by atoms with Gasteiger partial charge in [0.25, 0.3) is 0 Å². The number of para-hydroxylation sites is 1. The zero-order valence-electron chi connectivity index (χ0n) is 14.2. The highest BCUT2D eigenvalue weighted by Crippen LogP contribution is 2.39. The first-order valence-electron chi connectivity index (χ1n) is 8.00. The number of nitrogens with zero attached hydrogens (tertiary/aromatic N) is 3. The van der Waals surface area contributed by atoms with E-state index in [0.29, 0.717) is 17.0 Å². The van der Waals surface area contributed by atoms with E-state index in [1.165, 1.54) is 18.0 Å². The third kappa shape index (κ3) is 4.19. The first-order valence-corrected chi connectivity index (χ1v) is 9.80. The summed E-state index contributed by atoms with van der Waals surface area (Å²) >= 11 is 0. The van der Waals surface area contributed by atoms with Crippen LogP contribution in [-0.2, 0) is 9.30 Å². The van der Waals surface area contributed by atoms with Crippen molar-refractivity contribution in [2.45, 2.75) is 30.6 Å². The SMILES string of the molecule is COc1ccccc1-c1cn([C@@H]2O[C@H]([C@H](O)CP(=O)(O)O)[C@@H](O)[C@H]2O)nn1. The largest absolute Gasteiger partial charge is 0.496 e. The summed E-state index contributed by atoms with van der Waals surface area (Å²) in [7, 11) is -3.02. The first kappa shape index (κ1) is 19.9. The Labute approximate surface area is 153 Å². The molecule has 0 unspecified atom stereocenters. The minimum Gasteiger partial charge on any atom is -0.496 e. The van der Waals surface area contributed by atoms with Crippen molar-refractivity contribution in [2.24, 2.45) is 0 Å². The van der Waals surface area contributed by atoms with Crippen LogP contribution in [0.5, 0.6) is 5.75 Å². The molecule has 3 rings (SSSR count). The summed E-state index contributed by atoms with van der Waals surface area (Å²) in [5, 5.41) is 38.1. The molecule has 5 N–H and O–H groups in total. The predicted octanol–water partition coefficient (Wildman–Crippen LogP) is -0.889. The van der Waals surface area contributed by atoms with Gasteiger partial charge in [-0.05, 0) is 12.1 Å². The van der Waals surface area contributed by atoms with Gasteiger partial charge in [-0.2, -0.15) is 0 Å². The second-order valence-corrected chi connectivity index (χ2v) is 7.87. The molecule has 1 saturated heterocycles. The highest BCUT2D eigenvalue weighted by atomic mass is 31.2. The van der Waals surface area contributed by atoms with E-state index >= 15 is 0 Å². The number of benzene rings is 1. The number of hydrogen-bond donors (Lipinski definition) is 5. The number of hydrogen-bond acceptors (Lipinski definition) is 8. The van der Waals surface area contributed by atoms with Crippen LogP contribution in [0.3, 0.4) is 0 Å². The number of rotatable bonds is 6. The molecule has 1 aromatic carbocycles. The maximum Gasteiger partial charge on any atom is 0.328 e. The molecule has 0 aliphatic carbocycles. The summed E-state index contributed by atoms with van der Waals surface area (Å²) in [5.74, 6) is 0.562. The van der Waals surface area contributed by atoms with Gasteiger partial charge in [0.1, 0.15) is 29.8 Å². The van der Waals surface area contributed by atoms with Crippen molar-refractivity contribution in [3.05, 3.63) is 30.5 Å². The molecule has 11 nitrogen and oxygen atoms in total. The first-order chi connectivity index (χ1) is 12.7. The Morgan fingerprint density at radius 3 is 2.67 bits per heavy atom. The summed E-state index contributed by atoms with van der Waals surface area (Å²) in [6.45, 7) is 0. The van der Waals surface area contributed by atoms with Gasteiger partial charge in [-0.15, -0.1) is 5.10 Å². The summed E-state index contributed by atoms with van der Waals surface area (Å²) in [4.78, 5) is 17.9. The molecule has 0 radical (unpaired) electrons. The molecule has 0 saturated carbocycles. The number of aliphatic hydroxyl groups excluding tert-OH is 3. The molecular formula is C15H20N3O8P. The van der Waals surface area contributed by atoms with Crippen LogP contribution in [0.15, 0.2) is 30.5 Å². The molecular weight excluding hydrogens is 381 g/mol. The molecule has 27 heavy (non-hydrogen) atoms. The topological polar surface area (TPSA) is 167 Å². The highest BCUT2D eigenvalue weighted by molar-refractivity contribution is 7.51. The predicted molar refractivity (Wildman–Crippen MR) is 90.9 cm³/mol. The summed E-state index contributed by atoms with van der Waals surface area (Å²) in [6, 6.07) is 7.09. The fourth-order valence-corrected chi connectivity index (χ4v) is 3.65. The molecule has 2 aromatic rings. The van der Waals surface area contributed by atoms with E-state index in [1.807, 2.05) is 0 Å². The Kier molecular flexibility index (Phi) is 5.63. The fourth-order valence-electron chi connectivity index (χ4n) is 2.95. The number of aromatic nitrogens is 3. The van der Waals surface area contributed by atoms with E-state index in [0.717, 1.165) is 0 Å². The second-order valence-electron chi connectivity index (χ2n) is 6.17. The van der Waals surface area contributed by atoms with Crippen molar-refractivity contribution in [3.8, 4) is 17.0 Å². The van der Waals surface area contributed by atoms with Crippen LogP contribution in [0.4, 0.5) is 0 Å². The Morgan fingerprint density at radius 2 is 2.00 bits per heavy atom. The standard InChI is InChI=1S/C15H20N3O8P/c1-25-11-5-3-2-4-8(11)9-6-18(17-16-9)15-13(21)12(20)14(26-15)10(19)7-27(22,23)24/h2-6,10,12-15,19-21H,7H2,1H3,(H2,22,23,24)/t10-,12+,13-,14-,15-/m1/s1. The summed E-state index contributed by atoms with van der Waals surface area (Å²) in [6.07, 6.45) is -6.72. The highest BCUT2D eigenvalue weighted by Gasteiger charge is 2.48. The Morgan fingerprint density at radius 1 is 1.30 bits per heavy atom. The van der Waals surface area contributed by atoms with Crippen LogP contribution in [0.2, 0.25) is 0 Å². The maximum absolute atomic E-state index is 11.1. The maximum atomic E-state index is 11.1. The number of methoxy groups -OCH3 is 1. The van der Waals surface area contributed by atoms with E-state index in [1.54, 1.807) is 24.3 Å². The molecule has 2 heterocycles. The Hall–Kier alpha value is -1.85. The van der Waals surface area contributed by atoms with Gasteiger partial charge in [0.05, 0.1) is 25.6 Å². The van der Waals surface area contributed by atoms with Crippen LogP contribution in [-0.4, -0.2) is 77.8 Å². The molecule has 5 atom stereocenters. The van der Waals surface area contributed by atoms with Gasteiger partial charge in [-0.25, -0.2) is 4.68 Å². The summed E-state index contributed by atoms with van der Waals surface area (Å²) in [5.41, 5.74) is 1.08. The molecule has 1 aliphatic heterocycles. The van der Waals surface area contributed by atoms with Crippen molar-refractivity contribution < 1.29 is 39.1 Å². The molecule has 1 aromatic heterocycles. The van der Waals surface area contributed by atoms with E-state index < -0.39 is 44.4 Å². The lowest BCUT2D eigenvalue weighted by Crippen LogP contribution is -2.40. The van der Waals surface area contributed by atoms with Crippen LogP contribution >= 0.6 is 7.60 Å². The lowest BCUT2D eigenvalue weighted by Gasteiger charge is -2.21. The average molecular weight is 401 g/mol. The van der Waals surface area contributed by atoms with Crippen LogP contribution in [0.1, 0.15) is 6.23 Å². The van der Waals surface area contributed by atoms with Crippen LogP contribution in [0.25, 0.3) is 11.3 Å². The number of aliphatic hydroxyl groups is 3.